The van der Waals surface area contributed by atoms with E-state index in [-0.39, 0.29) is 35.2 Å². The molecule has 0 aliphatic carbocycles. The Hall–Kier alpha value is -7.28. The fourth-order valence-electron chi connectivity index (χ4n) is 6.98. The third-order valence-electron chi connectivity index (χ3n) is 10.3. The summed E-state index contributed by atoms with van der Waals surface area (Å²) in [6, 6.07) is 28.9. The number of benzene rings is 4. The minimum Gasteiger partial charge on any atom is -0.459 e. The van der Waals surface area contributed by atoms with Gasteiger partial charge in [-0.3, -0.25) is 19.2 Å². The largest absolute Gasteiger partial charge is 0.459 e. The number of amides is 4. The monoisotopic (exact) mass is 947 g/mol. The molecule has 4 aromatic carbocycles. The van der Waals surface area contributed by atoms with Gasteiger partial charge in [-0.2, -0.15) is 13.1 Å². The molecule has 0 radical (unpaired) electrons. The number of hydrogen-bond donors (Lipinski definition) is 4. The molecule has 3 saturated heterocycles. The van der Waals surface area contributed by atoms with E-state index in [1.54, 1.807) is 36.4 Å². The molecule has 4 amide bonds. The van der Waals surface area contributed by atoms with Crippen molar-refractivity contribution in [2.75, 3.05) is 19.8 Å². The highest BCUT2D eigenvalue weighted by atomic mass is 32.2. The molecule has 0 aromatic heterocycles. The molecule has 3 aliphatic heterocycles. The van der Waals surface area contributed by atoms with Crippen molar-refractivity contribution in [1.29, 1.82) is 0 Å². The number of hydrogen-bond acceptors (Lipinski definition) is 19. The lowest BCUT2D eigenvalue weighted by molar-refractivity contribution is -0.282. The van der Waals surface area contributed by atoms with Gasteiger partial charge in [0, 0.05) is 13.0 Å². The molecule has 0 spiro atoms. The van der Waals surface area contributed by atoms with E-state index < -0.39 is 121 Å². The standard InChI is InChI=1S/C44H41N3O19S/c48-31-21-22-47(43(55)45-31)37-33(50)32(49)29(61-37)24-60-67(57,58)46-44(56)66-42-36(65-41(54)28-19-11-4-12-20-28)35(64-40(53)27-17-9-3-10-18-27)34(63-39(52)26-15-7-2-8-16-26)30(62-42)23-59-38(51)25-13-5-1-6-14-25/h1-20,29-30,32-37,42,49-50H,21-24H2,(H,46,56)(H,45,48,55). The fourth-order valence-corrected chi connectivity index (χ4v) is 7.61. The van der Waals surface area contributed by atoms with E-state index in [2.05, 4.69) is 0 Å². The van der Waals surface area contributed by atoms with Crippen LogP contribution in [0.2, 0.25) is 0 Å². The van der Waals surface area contributed by atoms with Crippen LogP contribution in [0.3, 0.4) is 0 Å². The van der Waals surface area contributed by atoms with Crippen LogP contribution >= 0.6 is 0 Å². The second kappa shape index (κ2) is 21.4. The molecule has 0 saturated carbocycles. The Morgan fingerprint density at radius 1 is 0.612 bits per heavy atom. The van der Waals surface area contributed by atoms with E-state index in [0.29, 0.717) is 0 Å². The molecule has 0 bridgehead atoms. The van der Waals surface area contributed by atoms with Gasteiger partial charge < -0.3 is 43.4 Å². The number of urea groups is 1. The van der Waals surface area contributed by atoms with Crippen LogP contribution in [0.15, 0.2) is 121 Å². The van der Waals surface area contributed by atoms with Crippen LogP contribution in [-0.2, 0) is 52.4 Å². The molecule has 3 heterocycles. The topological polar surface area (TPSA) is 295 Å². The molecular formula is C44H41N3O19S. The van der Waals surface area contributed by atoms with Crippen molar-refractivity contribution < 1.29 is 89.5 Å². The number of nitrogens with zero attached hydrogens (tertiary/aromatic N) is 1. The van der Waals surface area contributed by atoms with E-state index in [1.807, 2.05) is 5.32 Å². The Kier molecular flexibility index (Phi) is 15.2. The maximum absolute atomic E-state index is 13.8. The maximum Gasteiger partial charge on any atom is 0.425 e. The van der Waals surface area contributed by atoms with Crippen LogP contribution in [0, 0.1) is 0 Å². The lowest BCUT2D eigenvalue weighted by Crippen LogP contribution is -2.63. The molecular weight excluding hydrogens is 907 g/mol. The zero-order valence-electron chi connectivity index (χ0n) is 34.8. The number of ether oxygens (including phenoxy) is 7. The van der Waals surface area contributed by atoms with Crippen LogP contribution < -0.4 is 10.0 Å². The highest BCUT2D eigenvalue weighted by Gasteiger charge is 2.55. The molecule has 7 rings (SSSR count). The zero-order chi connectivity index (χ0) is 47.7. The average Bonchev–Trinajstić information content (AvgIpc) is 3.61. The van der Waals surface area contributed by atoms with E-state index >= 15 is 0 Å². The van der Waals surface area contributed by atoms with Crippen molar-refractivity contribution in [3.05, 3.63) is 144 Å². The quantitative estimate of drug-likeness (QED) is 0.0972. The highest BCUT2D eigenvalue weighted by molar-refractivity contribution is 7.85. The number of carbonyl (C=O) groups is 7. The Balaban J connectivity index is 1.17. The normalized spacial score (nSPS) is 24.9. The summed E-state index contributed by atoms with van der Waals surface area (Å²) >= 11 is 0. The van der Waals surface area contributed by atoms with Gasteiger partial charge in [-0.1, -0.05) is 72.8 Å². The highest BCUT2D eigenvalue weighted by Crippen LogP contribution is 2.32. The van der Waals surface area contributed by atoms with Crippen molar-refractivity contribution in [3.8, 4) is 0 Å². The van der Waals surface area contributed by atoms with Gasteiger partial charge >= 0.3 is 46.3 Å². The first-order chi connectivity index (χ1) is 32.2. The average molecular weight is 948 g/mol. The number of aliphatic hydroxyl groups is 2. The summed E-state index contributed by atoms with van der Waals surface area (Å²) in [6.07, 6.45) is -18.5. The Morgan fingerprint density at radius 2 is 1.09 bits per heavy atom. The van der Waals surface area contributed by atoms with Gasteiger partial charge in [0.2, 0.25) is 18.3 Å². The summed E-state index contributed by atoms with van der Waals surface area (Å²) in [5, 5.41) is 23.2. The second-order valence-electron chi connectivity index (χ2n) is 14.8. The van der Waals surface area contributed by atoms with Crippen LogP contribution in [0.25, 0.3) is 0 Å². The first-order valence-corrected chi connectivity index (χ1v) is 21.7. The van der Waals surface area contributed by atoms with Gasteiger partial charge in [0.1, 0.15) is 31.0 Å². The number of imide groups is 1. The van der Waals surface area contributed by atoms with Crippen molar-refractivity contribution >= 4 is 52.2 Å². The Morgan fingerprint density at radius 3 is 1.60 bits per heavy atom. The number of aliphatic hydroxyl groups excluding tert-OH is 2. The third-order valence-corrected chi connectivity index (χ3v) is 11.2. The second-order valence-corrected chi connectivity index (χ2v) is 16.2. The lowest BCUT2D eigenvalue weighted by Gasteiger charge is -2.43. The number of esters is 4. The molecule has 67 heavy (non-hydrogen) atoms. The first-order valence-electron chi connectivity index (χ1n) is 20.3. The first kappa shape index (κ1) is 47.7. The molecule has 4 N–H and O–H groups in total. The van der Waals surface area contributed by atoms with Crippen LogP contribution in [-0.4, -0.2) is 140 Å². The van der Waals surface area contributed by atoms with E-state index in [9.17, 15) is 52.2 Å². The van der Waals surface area contributed by atoms with Gasteiger partial charge in [0.25, 0.3) is 0 Å². The summed E-state index contributed by atoms with van der Waals surface area (Å²) in [5.41, 5.74) is -0.00956. The van der Waals surface area contributed by atoms with E-state index in [1.165, 1.54) is 89.7 Å². The summed E-state index contributed by atoms with van der Waals surface area (Å²) < 4.78 is 72.7. The van der Waals surface area contributed by atoms with Gasteiger partial charge in [-0.05, 0) is 48.5 Å². The van der Waals surface area contributed by atoms with Crippen LogP contribution in [0.1, 0.15) is 47.9 Å². The number of rotatable bonds is 15. The summed E-state index contributed by atoms with van der Waals surface area (Å²) in [7, 11) is -5.22. The Labute approximate surface area is 380 Å². The van der Waals surface area contributed by atoms with Crippen molar-refractivity contribution in [1.82, 2.24) is 14.9 Å². The van der Waals surface area contributed by atoms with Crippen molar-refractivity contribution in [2.45, 2.75) is 61.7 Å². The molecule has 3 fully saturated rings. The molecule has 9 unspecified atom stereocenters. The smallest absolute Gasteiger partial charge is 0.425 e. The third kappa shape index (κ3) is 12.0. The Bertz CT molecular complexity index is 2540. The number of nitrogens with one attached hydrogen (secondary N) is 2. The van der Waals surface area contributed by atoms with Gasteiger partial charge in [0.15, 0.2) is 18.4 Å². The van der Waals surface area contributed by atoms with E-state index in [0.717, 1.165) is 4.90 Å². The summed E-state index contributed by atoms with van der Waals surface area (Å²) in [6.45, 7) is -2.03. The van der Waals surface area contributed by atoms with Crippen LogP contribution in [0.4, 0.5) is 9.59 Å². The van der Waals surface area contributed by atoms with E-state index in [4.69, 9.17) is 37.3 Å². The minimum atomic E-state index is -5.22. The molecule has 3 aliphatic rings. The van der Waals surface area contributed by atoms with Gasteiger partial charge in [-0.15, -0.1) is 0 Å². The predicted molar refractivity (Wildman–Crippen MR) is 222 cm³/mol. The predicted octanol–water partition coefficient (Wildman–Crippen LogP) is 1.62. The van der Waals surface area contributed by atoms with Gasteiger partial charge in [0.05, 0.1) is 28.9 Å². The molecule has 9 atom stereocenters. The van der Waals surface area contributed by atoms with Crippen molar-refractivity contribution in [3.63, 3.8) is 0 Å². The molecule has 22 nitrogen and oxygen atoms in total. The SMILES string of the molecule is O=C1CCN(C2OC(COS(=O)(=O)NC(=O)OC3OC(COC(=O)c4ccccc4)C(OC(=O)c4ccccc4)C(OC(=O)c4ccccc4)C3OC(=O)c3ccccc3)C(O)C2O)C(=O)N1. The van der Waals surface area contributed by atoms with Crippen LogP contribution in [0.5, 0.6) is 0 Å². The fraction of sp³-hybridized carbons (Fsp3) is 0.295. The maximum atomic E-state index is 13.8. The lowest BCUT2D eigenvalue weighted by atomic mass is 9.97. The van der Waals surface area contributed by atoms with Gasteiger partial charge in [-0.25, -0.2) is 28.8 Å². The summed E-state index contributed by atoms with van der Waals surface area (Å²) in [4.78, 5) is 92.9. The molecule has 352 valence electrons. The molecule has 23 heteroatoms. The minimum absolute atomic E-state index is 0.00508. The zero-order valence-corrected chi connectivity index (χ0v) is 35.6. The van der Waals surface area contributed by atoms with Crippen molar-refractivity contribution in [2.24, 2.45) is 0 Å². The molecule has 4 aromatic rings. The summed E-state index contributed by atoms with van der Waals surface area (Å²) in [5.74, 6) is -4.66. The number of carbonyl (C=O) groups excluding carboxylic acids is 7.